The van der Waals surface area contributed by atoms with Gasteiger partial charge in [-0.3, -0.25) is 9.69 Å². The molecule has 2 saturated carbocycles. The van der Waals surface area contributed by atoms with Gasteiger partial charge in [0, 0.05) is 18.9 Å². The fraction of sp³-hybridized carbons (Fsp3) is 0.696. The van der Waals surface area contributed by atoms with Gasteiger partial charge in [-0.2, -0.15) is 0 Å². The predicted molar refractivity (Wildman–Crippen MR) is 104 cm³/mol. The van der Waals surface area contributed by atoms with E-state index in [1.165, 1.54) is 36.8 Å². The third-order valence-corrected chi connectivity index (χ3v) is 8.08. The molecule has 1 heterocycles. The molecule has 4 aliphatic rings. The Morgan fingerprint density at radius 3 is 2.78 bits per heavy atom. The number of esters is 1. The number of aromatic hydroxyl groups is 1. The highest BCUT2D eigenvalue weighted by Gasteiger charge is 2.66. The minimum absolute atomic E-state index is 0.135. The van der Waals surface area contributed by atoms with Gasteiger partial charge in [-0.05, 0) is 80.7 Å². The van der Waals surface area contributed by atoms with Crippen molar-refractivity contribution in [1.29, 1.82) is 0 Å². The van der Waals surface area contributed by atoms with Gasteiger partial charge in [0.25, 0.3) is 0 Å². The molecule has 1 N–H and O–H groups in total. The Labute approximate surface area is 161 Å². The standard InChI is InChI=1S/C23H31NO3/c1-16(25)27-23-10-3-2-9-22(23)11-12-24(15-17-5-4-6-17)21(23)13-18-7-8-19(26)14-20(18)22/h7-8,14,17,21,26H,2-6,9-13,15H2,1H3/t21-,22+,23?/m1/s1. The lowest BCUT2D eigenvalue weighted by Crippen LogP contribution is -2.74. The summed E-state index contributed by atoms with van der Waals surface area (Å²) < 4.78 is 6.34. The maximum Gasteiger partial charge on any atom is 0.303 e. The minimum Gasteiger partial charge on any atom is -0.508 e. The van der Waals surface area contributed by atoms with E-state index in [1.54, 1.807) is 6.92 Å². The van der Waals surface area contributed by atoms with Crippen LogP contribution in [0.4, 0.5) is 0 Å². The van der Waals surface area contributed by atoms with Crippen LogP contribution in [0.1, 0.15) is 69.4 Å². The molecule has 1 unspecified atom stereocenters. The van der Waals surface area contributed by atoms with E-state index >= 15 is 0 Å². The number of hydrogen-bond donors (Lipinski definition) is 1. The fourth-order valence-electron chi connectivity index (χ4n) is 6.76. The molecule has 3 aliphatic carbocycles. The average Bonchev–Trinajstić information content (AvgIpc) is 2.59. The van der Waals surface area contributed by atoms with E-state index < -0.39 is 5.60 Å². The lowest BCUT2D eigenvalue weighted by atomic mass is 9.49. The zero-order valence-electron chi connectivity index (χ0n) is 16.4. The van der Waals surface area contributed by atoms with Gasteiger partial charge in [0.05, 0.1) is 6.04 Å². The Morgan fingerprint density at radius 2 is 2.04 bits per heavy atom. The molecule has 2 bridgehead atoms. The molecular weight excluding hydrogens is 338 g/mol. The SMILES string of the molecule is CC(=O)OC12CCCC[C@@]13CCN(CC1CCC1)[C@@H]2Cc1ccc(O)cc13. The molecule has 3 atom stereocenters. The molecule has 0 aromatic heterocycles. The number of carbonyl (C=O) groups is 1. The summed E-state index contributed by atoms with van der Waals surface area (Å²) in [6.07, 6.45) is 10.3. The Hall–Kier alpha value is -1.55. The number of likely N-dealkylation sites (tertiary alicyclic amines) is 1. The second-order valence-corrected chi connectivity index (χ2v) is 9.38. The van der Waals surface area contributed by atoms with Crippen molar-refractivity contribution in [3.63, 3.8) is 0 Å². The van der Waals surface area contributed by atoms with Crippen molar-refractivity contribution in [1.82, 2.24) is 4.90 Å². The van der Waals surface area contributed by atoms with Crippen molar-refractivity contribution in [3.8, 4) is 5.75 Å². The first-order valence-corrected chi connectivity index (χ1v) is 10.8. The summed E-state index contributed by atoms with van der Waals surface area (Å²) in [5.74, 6) is 0.998. The lowest BCUT2D eigenvalue weighted by molar-refractivity contribution is -0.206. The van der Waals surface area contributed by atoms with Gasteiger partial charge in [0.15, 0.2) is 0 Å². The molecule has 3 fully saturated rings. The summed E-state index contributed by atoms with van der Waals surface area (Å²) >= 11 is 0. The summed E-state index contributed by atoms with van der Waals surface area (Å²) in [7, 11) is 0. The van der Waals surface area contributed by atoms with Crippen molar-refractivity contribution in [2.45, 2.75) is 81.8 Å². The van der Waals surface area contributed by atoms with Crippen molar-refractivity contribution in [2.24, 2.45) is 5.92 Å². The van der Waals surface area contributed by atoms with E-state index in [0.717, 1.165) is 51.1 Å². The Morgan fingerprint density at radius 1 is 1.22 bits per heavy atom. The number of nitrogens with zero attached hydrogens (tertiary/aromatic N) is 1. The summed E-state index contributed by atoms with van der Waals surface area (Å²) in [5.41, 5.74) is 2.04. The number of benzene rings is 1. The van der Waals surface area contributed by atoms with Gasteiger partial charge in [-0.25, -0.2) is 0 Å². The van der Waals surface area contributed by atoms with Gasteiger partial charge in [0.2, 0.25) is 0 Å². The molecule has 27 heavy (non-hydrogen) atoms. The summed E-state index contributed by atoms with van der Waals surface area (Å²) in [4.78, 5) is 14.9. The number of phenolic OH excluding ortho intramolecular Hbond substituents is 1. The number of piperidine rings is 1. The molecule has 146 valence electrons. The first kappa shape index (κ1) is 17.5. The summed E-state index contributed by atoms with van der Waals surface area (Å²) in [5, 5.41) is 10.2. The number of fused-ring (bicyclic) bond motifs is 1. The number of ether oxygens (including phenoxy) is 1. The molecule has 4 nitrogen and oxygen atoms in total. The van der Waals surface area contributed by atoms with E-state index in [1.807, 2.05) is 12.1 Å². The lowest BCUT2D eigenvalue weighted by Gasteiger charge is -2.65. The Bertz CT molecular complexity index is 758. The maximum absolute atomic E-state index is 12.3. The van der Waals surface area contributed by atoms with E-state index in [-0.39, 0.29) is 17.4 Å². The molecule has 1 saturated heterocycles. The molecule has 1 aliphatic heterocycles. The first-order valence-electron chi connectivity index (χ1n) is 10.8. The van der Waals surface area contributed by atoms with Gasteiger partial charge >= 0.3 is 5.97 Å². The topological polar surface area (TPSA) is 49.8 Å². The van der Waals surface area contributed by atoms with E-state index in [0.29, 0.717) is 5.75 Å². The van der Waals surface area contributed by atoms with Crippen molar-refractivity contribution in [2.75, 3.05) is 13.1 Å². The molecule has 4 heteroatoms. The normalized spacial score (nSPS) is 35.7. The van der Waals surface area contributed by atoms with Crippen molar-refractivity contribution in [3.05, 3.63) is 29.3 Å². The molecule has 1 aromatic rings. The van der Waals surface area contributed by atoms with Crippen LogP contribution in [-0.2, 0) is 21.4 Å². The van der Waals surface area contributed by atoms with Gasteiger partial charge in [-0.1, -0.05) is 18.9 Å². The molecule has 0 spiro atoms. The van der Waals surface area contributed by atoms with Crippen LogP contribution in [0.2, 0.25) is 0 Å². The zero-order valence-corrected chi connectivity index (χ0v) is 16.4. The molecule has 1 aromatic carbocycles. The highest BCUT2D eigenvalue weighted by molar-refractivity contribution is 5.67. The molecule has 0 radical (unpaired) electrons. The average molecular weight is 370 g/mol. The minimum atomic E-state index is -0.431. The largest absolute Gasteiger partial charge is 0.508 e. The second-order valence-electron chi connectivity index (χ2n) is 9.38. The van der Waals surface area contributed by atoms with Crippen molar-refractivity contribution < 1.29 is 14.6 Å². The highest BCUT2D eigenvalue weighted by Crippen LogP contribution is 2.60. The van der Waals surface area contributed by atoms with Gasteiger partial charge < -0.3 is 9.84 Å². The molecule has 5 rings (SSSR count). The maximum atomic E-state index is 12.3. The van der Waals surface area contributed by atoms with Crippen LogP contribution >= 0.6 is 0 Å². The van der Waals surface area contributed by atoms with Gasteiger partial charge in [0.1, 0.15) is 11.4 Å². The van der Waals surface area contributed by atoms with Gasteiger partial charge in [-0.15, -0.1) is 0 Å². The third kappa shape index (κ3) is 2.48. The number of carbonyl (C=O) groups excluding carboxylic acids is 1. The van der Waals surface area contributed by atoms with Crippen LogP contribution in [-0.4, -0.2) is 40.7 Å². The molecule has 0 amide bonds. The predicted octanol–water partition coefficient (Wildman–Crippen LogP) is 3.94. The van der Waals surface area contributed by atoms with E-state index in [9.17, 15) is 9.90 Å². The smallest absolute Gasteiger partial charge is 0.303 e. The quantitative estimate of drug-likeness (QED) is 0.820. The van der Waals surface area contributed by atoms with E-state index in [2.05, 4.69) is 11.0 Å². The Balaban J connectivity index is 1.64. The van der Waals surface area contributed by atoms with Crippen molar-refractivity contribution >= 4 is 5.97 Å². The van der Waals surface area contributed by atoms with Crippen LogP contribution in [0.15, 0.2) is 18.2 Å². The van der Waals surface area contributed by atoms with Crippen LogP contribution in [0, 0.1) is 5.92 Å². The second kappa shape index (κ2) is 6.23. The number of hydrogen-bond acceptors (Lipinski definition) is 4. The zero-order chi connectivity index (χ0) is 18.6. The van der Waals surface area contributed by atoms with E-state index in [4.69, 9.17) is 4.74 Å². The molecular formula is C23H31NO3. The summed E-state index contributed by atoms with van der Waals surface area (Å²) in [6, 6.07) is 6.17. The van der Waals surface area contributed by atoms with Crippen LogP contribution in [0.5, 0.6) is 5.75 Å². The number of phenols is 1. The number of rotatable bonds is 3. The van der Waals surface area contributed by atoms with Crippen LogP contribution in [0.25, 0.3) is 0 Å². The monoisotopic (exact) mass is 369 g/mol. The third-order valence-electron chi connectivity index (χ3n) is 8.08. The first-order chi connectivity index (χ1) is 13.0. The highest BCUT2D eigenvalue weighted by atomic mass is 16.6. The van der Waals surface area contributed by atoms with Crippen LogP contribution in [0.3, 0.4) is 0 Å². The Kier molecular flexibility index (Phi) is 4.05. The summed E-state index contributed by atoms with van der Waals surface area (Å²) in [6.45, 7) is 3.80. The van der Waals surface area contributed by atoms with Crippen LogP contribution < -0.4 is 0 Å². The fourth-order valence-corrected chi connectivity index (χ4v) is 6.76.